The maximum atomic E-state index is 9.64. The van der Waals surface area contributed by atoms with Crippen LogP contribution >= 0.6 is 11.6 Å². The number of benzene rings is 2. The summed E-state index contributed by atoms with van der Waals surface area (Å²) in [5, 5.41) is 19.2. The van der Waals surface area contributed by atoms with E-state index in [1.807, 2.05) is 39.0 Å². The number of aliphatic hydroxyl groups excluding tert-OH is 1. The van der Waals surface area contributed by atoms with Gasteiger partial charge < -0.3 is 26.8 Å². The molecule has 0 saturated carbocycles. The van der Waals surface area contributed by atoms with E-state index < -0.39 is 6.35 Å². The second-order valence-corrected chi connectivity index (χ2v) is 8.02. The number of nitrogens with one attached hydrogen (secondary N) is 3. The minimum Gasteiger partial charge on any atom is -0.368 e. The van der Waals surface area contributed by atoms with E-state index in [0.29, 0.717) is 16.7 Å². The van der Waals surface area contributed by atoms with Crippen LogP contribution in [0.1, 0.15) is 20.8 Å². The maximum absolute atomic E-state index is 9.64. The largest absolute Gasteiger partial charge is 0.368 e. The molecule has 0 saturated heterocycles. The van der Waals surface area contributed by atoms with Gasteiger partial charge in [-0.2, -0.15) is 4.99 Å². The van der Waals surface area contributed by atoms with E-state index in [9.17, 15) is 5.11 Å². The normalized spacial score (nSPS) is 17.1. The average Bonchev–Trinajstić information content (AvgIpc) is 3.00. The first-order valence-electron chi connectivity index (χ1n) is 9.04. The second-order valence-electron chi connectivity index (χ2n) is 7.58. The molecule has 8 nitrogen and oxygen atoms in total. The predicted octanol–water partition coefficient (Wildman–Crippen LogP) is 3.98. The van der Waals surface area contributed by atoms with Crippen molar-refractivity contribution in [1.82, 2.24) is 0 Å². The van der Waals surface area contributed by atoms with Crippen molar-refractivity contribution < 1.29 is 5.11 Å². The number of nitrogens with two attached hydrogens (primary N) is 1. The van der Waals surface area contributed by atoms with E-state index in [0.717, 1.165) is 17.1 Å². The fourth-order valence-electron chi connectivity index (χ4n) is 2.45. The molecule has 152 valence electrons. The smallest absolute Gasteiger partial charge is 0.230 e. The molecule has 1 aliphatic heterocycles. The second kappa shape index (κ2) is 8.50. The summed E-state index contributed by atoms with van der Waals surface area (Å²) in [5.41, 5.74) is 8.81. The number of hydrogen-bond acceptors (Lipinski definition) is 4. The van der Waals surface area contributed by atoms with E-state index in [1.165, 1.54) is 0 Å². The number of aliphatic imine (C=N–C) groups is 3. The quantitative estimate of drug-likeness (QED) is 0.376. The lowest BCUT2D eigenvalue weighted by atomic mass is 9.99. The van der Waals surface area contributed by atoms with Crippen molar-refractivity contribution in [2.45, 2.75) is 27.1 Å². The number of fused-ring (bicyclic) bond motifs is 1. The van der Waals surface area contributed by atoms with Crippen LogP contribution in [0.15, 0.2) is 57.4 Å². The Kier molecular flexibility index (Phi) is 6.05. The molecule has 0 aliphatic carbocycles. The van der Waals surface area contributed by atoms with Crippen molar-refractivity contribution in [3.05, 3.63) is 47.5 Å². The number of nitrogens with zero attached hydrogens (tertiary/aromatic N) is 3. The molecular weight excluding hydrogens is 390 g/mol. The Morgan fingerprint density at radius 1 is 1.14 bits per heavy atom. The predicted molar refractivity (Wildman–Crippen MR) is 121 cm³/mol. The molecule has 0 spiro atoms. The molecule has 2 aromatic rings. The number of rotatable bonds is 2. The Balaban J connectivity index is 1.86. The molecule has 1 aliphatic rings. The summed E-state index contributed by atoms with van der Waals surface area (Å²) in [5.74, 6) is 0.346. The van der Waals surface area contributed by atoms with Crippen LogP contribution in [-0.4, -0.2) is 29.6 Å². The van der Waals surface area contributed by atoms with Crippen LogP contribution < -0.4 is 21.7 Å². The number of hydrogen-bond donors (Lipinski definition) is 5. The maximum Gasteiger partial charge on any atom is 0.230 e. The summed E-state index contributed by atoms with van der Waals surface area (Å²) in [6, 6.07) is 12.5. The van der Waals surface area contributed by atoms with Crippen molar-refractivity contribution in [3.8, 4) is 0 Å². The molecule has 29 heavy (non-hydrogen) atoms. The third-order valence-electron chi connectivity index (χ3n) is 3.73. The first-order chi connectivity index (χ1) is 13.7. The molecule has 1 unspecified atom stereocenters. The van der Waals surface area contributed by atoms with Gasteiger partial charge in [-0.1, -0.05) is 32.4 Å². The molecule has 6 N–H and O–H groups in total. The standard InChI is InChI=1S/C20H24ClN7O/c1-20(2,3)11-23-18(28-17(22)24-13-6-4-12(21)5-7-13)25-14-8-9-15-16(10-14)27-19(29)26-15/h4-11,19,26-27,29H,1-3H3,(H3,22,24,25,28). The zero-order chi connectivity index (χ0) is 21.0. The number of halogens is 1. The van der Waals surface area contributed by atoms with Crippen LogP contribution in [0.5, 0.6) is 0 Å². The Bertz CT molecular complexity index is 962. The lowest BCUT2D eigenvalue weighted by molar-refractivity contribution is 0.238. The van der Waals surface area contributed by atoms with Gasteiger partial charge in [0.05, 0.1) is 17.1 Å². The molecule has 1 atom stereocenters. The van der Waals surface area contributed by atoms with Gasteiger partial charge in [0.1, 0.15) is 0 Å². The van der Waals surface area contributed by atoms with Gasteiger partial charge in [-0.05, 0) is 47.9 Å². The minimum absolute atomic E-state index is 0.0530. The van der Waals surface area contributed by atoms with Crippen molar-refractivity contribution in [3.63, 3.8) is 0 Å². The summed E-state index contributed by atoms with van der Waals surface area (Å²) in [4.78, 5) is 13.0. The summed E-state index contributed by atoms with van der Waals surface area (Å²) in [6.07, 6.45) is 0.972. The summed E-state index contributed by atoms with van der Waals surface area (Å²) in [7, 11) is 0. The fourth-order valence-corrected chi connectivity index (χ4v) is 2.58. The number of guanidine groups is 2. The Labute approximate surface area is 174 Å². The van der Waals surface area contributed by atoms with Crippen molar-refractivity contribution in [2.75, 3.05) is 16.0 Å². The van der Waals surface area contributed by atoms with Gasteiger partial charge in [0.25, 0.3) is 0 Å². The number of aliphatic hydroxyl groups is 1. The first kappa shape index (κ1) is 20.6. The van der Waals surface area contributed by atoms with Crippen LogP contribution in [0.4, 0.5) is 22.7 Å². The van der Waals surface area contributed by atoms with Crippen LogP contribution in [0.2, 0.25) is 5.02 Å². The minimum atomic E-state index is -0.811. The van der Waals surface area contributed by atoms with Gasteiger partial charge in [0.15, 0.2) is 0 Å². The van der Waals surface area contributed by atoms with Gasteiger partial charge in [-0.15, -0.1) is 0 Å². The van der Waals surface area contributed by atoms with Gasteiger partial charge >= 0.3 is 0 Å². The highest BCUT2D eigenvalue weighted by Crippen LogP contribution is 2.31. The third-order valence-corrected chi connectivity index (χ3v) is 3.98. The highest BCUT2D eigenvalue weighted by atomic mass is 35.5. The third kappa shape index (κ3) is 6.20. The molecule has 0 bridgehead atoms. The molecule has 0 radical (unpaired) electrons. The molecular formula is C20H24ClN7O. The van der Waals surface area contributed by atoms with Crippen LogP contribution in [0.3, 0.4) is 0 Å². The zero-order valence-corrected chi connectivity index (χ0v) is 17.2. The Morgan fingerprint density at radius 2 is 1.83 bits per heavy atom. The lowest BCUT2D eigenvalue weighted by Crippen LogP contribution is -2.20. The molecule has 0 aromatic heterocycles. The molecule has 9 heteroatoms. The molecule has 1 heterocycles. The van der Waals surface area contributed by atoms with Gasteiger partial charge in [0, 0.05) is 16.9 Å². The van der Waals surface area contributed by atoms with Crippen LogP contribution in [-0.2, 0) is 0 Å². The average molecular weight is 414 g/mol. The Morgan fingerprint density at radius 3 is 2.52 bits per heavy atom. The first-order valence-corrected chi connectivity index (χ1v) is 9.42. The summed E-state index contributed by atoms with van der Waals surface area (Å²) in [6.45, 7) is 6.10. The van der Waals surface area contributed by atoms with Gasteiger partial charge in [0.2, 0.25) is 18.3 Å². The van der Waals surface area contributed by atoms with E-state index in [-0.39, 0.29) is 11.4 Å². The molecule has 0 amide bonds. The van der Waals surface area contributed by atoms with Gasteiger partial charge in [-0.3, -0.25) is 0 Å². The lowest BCUT2D eigenvalue weighted by Gasteiger charge is -2.12. The van der Waals surface area contributed by atoms with Crippen LogP contribution in [0.25, 0.3) is 0 Å². The van der Waals surface area contributed by atoms with Crippen molar-refractivity contribution in [2.24, 2.45) is 26.1 Å². The monoisotopic (exact) mass is 413 g/mol. The van der Waals surface area contributed by atoms with E-state index in [1.54, 1.807) is 30.5 Å². The van der Waals surface area contributed by atoms with Crippen LogP contribution in [0, 0.1) is 5.41 Å². The molecule has 0 fully saturated rings. The van der Waals surface area contributed by atoms with Crippen molar-refractivity contribution in [1.29, 1.82) is 0 Å². The Hall–Kier alpha value is -3.10. The zero-order valence-electron chi connectivity index (χ0n) is 16.4. The molecule has 2 aromatic carbocycles. The summed E-state index contributed by atoms with van der Waals surface area (Å²) >= 11 is 5.89. The van der Waals surface area contributed by atoms with E-state index in [4.69, 9.17) is 17.3 Å². The van der Waals surface area contributed by atoms with E-state index >= 15 is 0 Å². The molecule has 3 rings (SSSR count). The SMILES string of the molecule is CC(C)(C)C=NC(=NC(N)=Nc1ccc(Cl)cc1)Nc1ccc2c(c1)NC(O)N2. The highest BCUT2D eigenvalue weighted by molar-refractivity contribution is 6.30. The topological polar surface area (TPSA) is 119 Å². The highest BCUT2D eigenvalue weighted by Gasteiger charge is 2.17. The summed E-state index contributed by atoms with van der Waals surface area (Å²) < 4.78 is 0. The van der Waals surface area contributed by atoms with Gasteiger partial charge in [-0.25, -0.2) is 9.98 Å². The van der Waals surface area contributed by atoms with Crippen molar-refractivity contribution >= 4 is 52.5 Å². The fraction of sp³-hybridized carbons (Fsp3) is 0.250. The van der Waals surface area contributed by atoms with E-state index in [2.05, 4.69) is 30.9 Å². The number of anilines is 3.